The van der Waals surface area contributed by atoms with Crippen LogP contribution >= 0.6 is 0 Å². The zero-order valence-electron chi connectivity index (χ0n) is 31.0. The highest BCUT2D eigenvalue weighted by Crippen LogP contribution is 2.33. The van der Waals surface area contributed by atoms with Gasteiger partial charge in [-0.05, 0) is 112 Å². The first-order chi connectivity index (χ1) is 23.1. The van der Waals surface area contributed by atoms with Crippen LogP contribution in [0, 0.1) is 0 Å². The summed E-state index contributed by atoms with van der Waals surface area (Å²) in [5.41, 5.74) is 14.4. The summed E-state index contributed by atoms with van der Waals surface area (Å²) in [7, 11) is 0. The molecule has 0 bridgehead atoms. The smallest absolute Gasteiger partial charge is 0.0178 e. The van der Waals surface area contributed by atoms with E-state index in [-0.39, 0.29) is 7.43 Å². The first-order valence-corrected chi connectivity index (χ1v) is 17.5. The van der Waals surface area contributed by atoms with Crippen molar-refractivity contribution in [3.05, 3.63) is 157 Å². The molecule has 0 amide bonds. The Morgan fingerprint density at radius 3 is 1.00 bits per heavy atom. The predicted octanol–water partition coefficient (Wildman–Crippen LogP) is 16.1. The van der Waals surface area contributed by atoms with Crippen molar-refractivity contribution in [1.82, 2.24) is 0 Å². The monoisotopic (exact) mass is 638 g/mol. The fourth-order valence-corrected chi connectivity index (χ4v) is 5.02. The van der Waals surface area contributed by atoms with Gasteiger partial charge in [0, 0.05) is 0 Å². The van der Waals surface area contributed by atoms with Gasteiger partial charge in [0.15, 0.2) is 0 Å². The molecule has 48 heavy (non-hydrogen) atoms. The Kier molecular flexibility index (Phi) is 22.1. The number of benzene rings is 5. The molecular formula is C48H62. The van der Waals surface area contributed by atoms with E-state index in [4.69, 9.17) is 0 Å². The zero-order chi connectivity index (χ0) is 35.2. The second-order valence-corrected chi connectivity index (χ2v) is 9.93. The number of rotatable bonds is 7. The topological polar surface area (TPSA) is 0 Å². The number of allylic oxidation sites excluding steroid dienone is 5. The molecule has 0 unspecified atom stereocenters. The van der Waals surface area contributed by atoms with Crippen LogP contribution < -0.4 is 0 Å². The molecule has 0 heteroatoms. The summed E-state index contributed by atoms with van der Waals surface area (Å²) in [6.45, 7) is 26.3. The van der Waals surface area contributed by atoms with E-state index in [1.54, 1.807) is 0 Å². The summed E-state index contributed by atoms with van der Waals surface area (Å²) in [5, 5.41) is 0. The molecule has 5 rings (SSSR count). The quantitative estimate of drug-likeness (QED) is 0.156. The van der Waals surface area contributed by atoms with Crippen LogP contribution in [-0.4, -0.2) is 0 Å². The van der Waals surface area contributed by atoms with E-state index in [1.807, 2.05) is 55.4 Å². The Hall–Kier alpha value is -4.68. The van der Waals surface area contributed by atoms with Crippen molar-refractivity contribution in [3.63, 3.8) is 0 Å². The Bertz CT molecular complexity index is 1690. The molecule has 254 valence electrons. The van der Waals surface area contributed by atoms with Crippen LogP contribution in [-0.2, 0) is 0 Å². The van der Waals surface area contributed by atoms with E-state index in [2.05, 4.69) is 167 Å². The maximum Gasteiger partial charge on any atom is -0.0178 e. The fraction of sp³-hybridized carbons (Fsp3) is 0.250. The zero-order valence-corrected chi connectivity index (χ0v) is 31.0. The third kappa shape index (κ3) is 12.2. The molecule has 0 fully saturated rings. The molecule has 0 saturated carbocycles. The fourth-order valence-electron chi connectivity index (χ4n) is 5.02. The summed E-state index contributed by atoms with van der Waals surface area (Å²) >= 11 is 0. The van der Waals surface area contributed by atoms with Crippen molar-refractivity contribution in [2.24, 2.45) is 0 Å². The van der Waals surface area contributed by atoms with Gasteiger partial charge in [-0.25, -0.2) is 0 Å². The Morgan fingerprint density at radius 2 is 0.708 bits per heavy atom. The highest BCUT2D eigenvalue weighted by molar-refractivity contribution is 5.81. The molecule has 0 radical (unpaired) electrons. The molecule has 0 aliphatic carbocycles. The minimum absolute atomic E-state index is 0. The molecule has 0 aromatic heterocycles. The van der Waals surface area contributed by atoms with Gasteiger partial charge in [0.05, 0.1) is 0 Å². The molecule has 0 nitrogen and oxygen atoms in total. The van der Waals surface area contributed by atoms with Crippen molar-refractivity contribution in [3.8, 4) is 44.5 Å². The molecule has 0 N–H and O–H groups in total. The third-order valence-corrected chi connectivity index (χ3v) is 7.13. The molecule has 0 spiro atoms. The van der Waals surface area contributed by atoms with Gasteiger partial charge in [0.2, 0.25) is 0 Å². The molecule has 0 heterocycles. The molecular weight excluding hydrogens is 577 g/mol. The molecule has 0 aliphatic rings. The molecule has 0 atom stereocenters. The molecule has 5 aromatic carbocycles. The Balaban J connectivity index is 0.00000229. The van der Waals surface area contributed by atoms with Crippen LogP contribution in [0.1, 0.15) is 94.7 Å². The first kappa shape index (κ1) is 43.3. The standard InChI is InChI=1S/C39H34.4C2H6.CH4/c1-5-12-29(6-2)31-14-8-16-33(24-31)35-18-10-20-37(26-35)39-22-11-21-38(27-39)36-19-9-17-34(25-36)32-15-7-13-30(23-32)28(3)4;4*1-2;/h5-27H,3H2,1-2,4H3;4*1-2H3;1H4/b12-5-,29-6+;;;;;. The van der Waals surface area contributed by atoms with E-state index in [1.165, 1.54) is 61.2 Å². The van der Waals surface area contributed by atoms with Gasteiger partial charge in [-0.15, -0.1) is 0 Å². The average Bonchev–Trinajstić information content (AvgIpc) is 3.17. The lowest BCUT2D eigenvalue weighted by Crippen LogP contribution is -1.86. The van der Waals surface area contributed by atoms with Crippen molar-refractivity contribution < 1.29 is 0 Å². The number of hydrogen-bond acceptors (Lipinski definition) is 0. The summed E-state index contributed by atoms with van der Waals surface area (Å²) in [6.07, 6.45) is 6.41. The highest BCUT2D eigenvalue weighted by Gasteiger charge is 2.07. The van der Waals surface area contributed by atoms with Crippen molar-refractivity contribution in [1.29, 1.82) is 0 Å². The largest absolute Gasteiger partial charge is 0.0955 e. The van der Waals surface area contributed by atoms with E-state index in [0.29, 0.717) is 0 Å². The molecule has 0 aliphatic heterocycles. The second kappa shape index (κ2) is 24.5. The summed E-state index contributed by atoms with van der Waals surface area (Å²) in [6, 6.07) is 43.9. The van der Waals surface area contributed by atoms with Crippen LogP contribution in [0.25, 0.3) is 55.7 Å². The maximum absolute atomic E-state index is 4.11. The van der Waals surface area contributed by atoms with Crippen LogP contribution in [0.4, 0.5) is 0 Å². The summed E-state index contributed by atoms with van der Waals surface area (Å²) in [5.74, 6) is 0. The lowest BCUT2D eigenvalue weighted by atomic mass is 9.93. The normalized spacial score (nSPS) is 9.94. The van der Waals surface area contributed by atoms with Crippen LogP contribution in [0.15, 0.2) is 146 Å². The van der Waals surface area contributed by atoms with Gasteiger partial charge in [0.25, 0.3) is 0 Å². The summed E-state index contributed by atoms with van der Waals surface area (Å²) < 4.78 is 0. The van der Waals surface area contributed by atoms with Crippen molar-refractivity contribution in [2.75, 3.05) is 0 Å². The van der Waals surface area contributed by atoms with E-state index >= 15 is 0 Å². The second-order valence-electron chi connectivity index (χ2n) is 9.93. The van der Waals surface area contributed by atoms with Gasteiger partial charge < -0.3 is 0 Å². The predicted molar refractivity (Wildman–Crippen MR) is 223 cm³/mol. The third-order valence-electron chi connectivity index (χ3n) is 7.13. The lowest BCUT2D eigenvalue weighted by Gasteiger charge is -2.11. The van der Waals surface area contributed by atoms with Gasteiger partial charge in [-0.1, -0.05) is 184 Å². The number of hydrogen-bond donors (Lipinski definition) is 0. The van der Waals surface area contributed by atoms with Crippen molar-refractivity contribution in [2.45, 2.75) is 83.6 Å². The average molecular weight is 639 g/mol. The lowest BCUT2D eigenvalue weighted by molar-refractivity contribution is 1.50. The highest BCUT2D eigenvalue weighted by atomic mass is 14.1. The Morgan fingerprint density at radius 1 is 0.438 bits per heavy atom. The van der Waals surface area contributed by atoms with Gasteiger partial charge in [-0.3, -0.25) is 0 Å². The van der Waals surface area contributed by atoms with E-state index in [9.17, 15) is 0 Å². The van der Waals surface area contributed by atoms with Crippen LogP contribution in [0.2, 0.25) is 0 Å². The maximum atomic E-state index is 4.11. The van der Waals surface area contributed by atoms with Crippen LogP contribution in [0.5, 0.6) is 0 Å². The molecule has 5 aromatic rings. The van der Waals surface area contributed by atoms with Gasteiger partial charge in [-0.2, -0.15) is 0 Å². The molecule has 0 saturated heterocycles. The Labute approximate surface area is 295 Å². The van der Waals surface area contributed by atoms with Crippen LogP contribution in [0.3, 0.4) is 0 Å². The van der Waals surface area contributed by atoms with Crippen molar-refractivity contribution >= 4 is 11.1 Å². The minimum Gasteiger partial charge on any atom is -0.0955 e. The minimum atomic E-state index is 0. The first-order valence-electron chi connectivity index (χ1n) is 17.5. The SMILES string of the molecule is C.C=C(C)c1cccc(-c2cccc(-c3cccc(-c4cccc(-c5cccc(C(/C=C\C)=C/C)c5)c4)c3)c2)c1.CC.CC.CC.CC. The van der Waals surface area contributed by atoms with Gasteiger partial charge >= 0.3 is 0 Å². The van der Waals surface area contributed by atoms with E-state index < -0.39 is 0 Å². The summed E-state index contributed by atoms with van der Waals surface area (Å²) in [4.78, 5) is 0. The van der Waals surface area contributed by atoms with Gasteiger partial charge in [0.1, 0.15) is 0 Å². The van der Waals surface area contributed by atoms with E-state index in [0.717, 1.165) is 5.57 Å².